The van der Waals surface area contributed by atoms with Crippen LogP contribution >= 0.6 is 0 Å². The van der Waals surface area contributed by atoms with Gasteiger partial charge in [0.25, 0.3) is 0 Å². The summed E-state index contributed by atoms with van der Waals surface area (Å²) in [5.41, 5.74) is 6.90. The fraction of sp³-hybridized carbons (Fsp3) is 0.733. The number of nitrogens with one attached hydrogen (secondary N) is 1. The number of anilines is 2. The topological polar surface area (TPSA) is 67.1 Å². The lowest BCUT2D eigenvalue weighted by molar-refractivity contribution is 0.180. The predicted molar refractivity (Wildman–Crippen MR) is 83.9 cm³/mol. The Kier molecular flexibility index (Phi) is 5.17. The Hall–Kier alpha value is -1.36. The van der Waals surface area contributed by atoms with Crippen LogP contribution in [-0.4, -0.2) is 40.5 Å². The van der Waals surface area contributed by atoms with Gasteiger partial charge in [0.15, 0.2) is 0 Å². The normalized spacial score (nSPS) is 17.9. The van der Waals surface area contributed by atoms with Gasteiger partial charge in [0.2, 0.25) is 0 Å². The summed E-state index contributed by atoms with van der Waals surface area (Å²) in [5.74, 6) is 2.28. The maximum absolute atomic E-state index is 5.94. The lowest BCUT2D eigenvalue weighted by Crippen LogP contribution is -2.41. The Morgan fingerprint density at radius 1 is 1.25 bits per heavy atom. The number of aromatic nitrogens is 2. The van der Waals surface area contributed by atoms with E-state index in [1.54, 1.807) is 0 Å². The summed E-state index contributed by atoms with van der Waals surface area (Å²) in [7, 11) is 0. The van der Waals surface area contributed by atoms with Crippen LogP contribution in [0.4, 0.5) is 11.6 Å². The van der Waals surface area contributed by atoms with Crippen LogP contribution in [-0.2, 0) is 6.42 Å². The number of piperidine rings is 1. The molecule has 1 aliphatic heterocycles. The Morgan fingerprint density at radius 2 is 1.95 bits per heavy atom. The molecule has 20 heavy (non-hydrogen) atoms. The van der Waals surface area contributed by atoms with Crippen molar-refractivity contribution in [2.45, 2.75) is 52.5 Å². The standard InChI is InChI=1S/C15H27N5/c1-4-13-18-14(16)12(3)15(19-13)17-10-11(2)20-8-6-5-7-9-20/h11H,4-10H2,1-3H3,(H3,16,17,18,19). The van der Waals surface area contributed by atoms with Crippen LogP contribution in [0.3, 0.4) is 0 Å². The molecule has 1 aromatic heterocycles. The molecule has 0 spiro atoms. The Labute approximate surface area is 122 Å². The van der Waals surface area contributed by atoms with E-state index in [9.17, 15) is 0 Å². The zero-order valence-electron chi connectivity index (χ0n) is 12.9. The second kappa shape index (κ2) is 6.88. The van der Waals surface area contributed by atoms with E-state index in [4.69, 9.17) is 5.73 Å². The van der Waals surface area contributed by atoms with E-state index in [1.165, 1.54) is 32.4 Å². The SMILES string of the molecule is CCc1nc(N)c(C)c(NCC(C)N2CCCCC2)n1. The molecule has 0 aromatic carbocycles. The van der Waals surface area contributed by atoms with E-state index in [-0.39, 0.29) is 0 Å². The highest BCUT2D eigenvalue weighted by molar-refractivity contribution is 5.54. The van der Waals surface area contributed by atoms with Crippen molar-refractivity contribution in [2.75, 3.05) is 30.7 Å². The van der Waals surface area contributed by atoms with Crippen LogP contribution in [0.1, 0.15) is 44.5 Å². The summed E-state index contributed by atoms with van der Waals surface area (Å²) in [6.07, 6.45) is 4.83. The van der Waals surface area contributed by atoms with Crippen LogP contribution < -0.4 is 11.1 Å². The van der Waals surface area contributed by atoms with Gasteiger partial charge in [-0.15, -0.1) is 0 Å². The van der Waals surface area contributed by atoms with E-state index in [0.717, 1.165) is 30.2 Å². The molecule has 2 heterocycles. The summed E-state index contributed by atoms with van der Waals surface area (Å²) in [5, 5.41) is 3.45. The first kappa shape index (κ1) is 15.0. The molecule has 112 valence electrons. The lowest BCUT2D eigenvalue weighted by atomic mass is 10.1. The minimum Gasteiger partial charge on any atom is -0.383 e. The first-order valence-corrected chi connectivity index (χ1v) is 7.72. The zero-order chi connectivity index (χ0) is 14.5. The van der Waals surface area contributed by atoms with Gasteiger partial charge in [0, 0.05) is 24.6 Å². The third-order valence-electron chi connectivity index (χ3n) is 4.12. The van der Waals surface area contributed by atoms with Gasteiger partial charge < -0.3 is 11.1 Å². The second-order valence-electron chi connectivity index (χ2n) is 5.68. The fourth-order valence-corrected chi connectivity index (χ4v) is 2.64. The number of hydrogen-bond acceptors (Lipinski definition) is 5. The molecule has 1 saturated heterocycles. The second-order valence-corrected chi connectivity index (χ2v) is 5.68. The quantitative estimate of drug-likeness (QED) is 0.864. The van der Waals surface area contributed by atoms with Crippen molar-refractivity contribution in [1.29, 1.82) is 0 Å². The van der Waals surface area contributed by atoms with Gasteiger partial charge in [-0.1, -0.05) is 13.3 Å². The van der Waals surface area contributed by atoms with Crippen molar-refractivity contribution in [3.05, 3.63) is 11.4 Å². The number of rotatable bonds is 5. The van der Waals surface area contributed by atoms with Crippen molar-refractivity contribution in [2.24, 2.45) is 0 Å². The van der Waals surface area contributed by atoms with Gasteiger partial charge in [-0.05, 0) is 39.8 Å². The van der Waals surface area contributed by atoms with Crippen LogP contribution in [0.25, 0.3) is 0 Å². The molecule has 1 aromatic rings. The van der Waals surface area contributed by atoms with Gasteiger partial charge in [-0.25, -0.2) is 9.97 Å². The predicted octanol–water partition coefficient (Wildman–Crippen LogP) is 2.22. The van der Waals surface area contributed by atoms with E-state index in [2.05, 4.69) is 27.1 Å². The van der Waals surface area contributed by atoms with Crippen molar-refractivity contribution < 1.29 is 0 Å². The van der Waals surface area contributed by atoms with Crippen LogP contribution in [0.2, 0.25) is 0 Å². The number of hydrogen-bond donors (Lipinski definition) is 2. The number of nitrogens with zero attached hydrogens (tertiary/aromatic N) is 3. The number of nitrogens with two attached hydrogens (primary N) is 1. The molecule has 1 unspecified atom stereocenters. The highest BCUT2D eigenvalue weighted by atomic mass is 15.2. The average Bonchev–Trinajstić information content (AvgIpc) is 2.49. The third-order valence-corrected chi connectivity index (χ3v) is 4.12. The maximum atomic E-state index is 5.94. The summed E-state index contributed by atoms with van der Waals surface area (Å²) in [6, 6.07) is 0.524. The molecular formula is C15H27N5. The van der Waals surface area contributed by atoms with E-state index in [1.807, 2.05) is 13.8 Å². The van der Waals surface area contributed by atoms with Crippen LogP contribution in [0, 0.1) is 6.92 Å². The maximum Gasteiger partial charge on any atom is 0.134 e. The largest absolute Gasteiger partial charge is 0.383 e. The molecular weight excluding hydrogens is 250 g/mol. The molecule has 0 bridgehead atoms. The summed E-state index contributed by atoms with van der Waals surface area (Å²) in [6.45, 7) is 9.63. The van der Waals surface area contributed by atoms with Crippen molar-refractivity contribution >= 4 is 11.6 Å². The van der Waals surface area contributed by atoms with Gasteiger partial charge in [-0.2, -0.15) is 0 Å². The minimum absolute atomic E-state index is 0.524. The molecule has 2 rings (SSSR count). The Balaban J connectivity index is 1.97. The highest BCUT2D eigenvalue weighted by Gasteiger charge is 2.17. The molecule has 1 fully saturated rings. The summed E-state index contributed by atoms with van der Waals surface area (Å²) >= 11 is 0. The molecule has 3 N–H and O–H groups in total. The smallest absolute Gasteiger partial charge is 0.134 e. The van der Waals surface area contributed by atoms with Gasteiger partial charge in [0.1, 0.15) is 17.5 Å². The van der Waals surface area contributed by atoms with Crippen molar-refractivity contribution in [3.8, 4) is 0 Å². The lowest BCUT2D eigenvalue weighted by Gasteiger charge is -2.32. The van der Waals surface area contributed by atoms with Crippen molar-refractivity contribution in [1.82, 2.24) is 14.9 Å². The first-order chi connectivity index (χ1) is 9.61. The molecule has 0 radical (unpaired) electrons. The van der Waals surface area contributed by atoms with E-state index in [0.29, 0.717) is 11.9 Å². The molecule has 0 aliphatic carbocycles. The number of aryl methyl sites for hydroxylation is 1. The monoisotopic (exact) mass is 277 g/mol. The van der Waals surface area contributed by atoms with Gasteiger partial charge in [-0.3, -0.25) is 4.90 Å². The van der Waals surface area contributed by atoms with Gasteiger partial charge in [0.05, 0.1) is 0 Å². The minimum atomic E-state index is 0.524. The molecule has 0 amide bonds. The van der Waals surface area contributed by atoms with E-state index >= 15 is 0 Å². The summed E-state index contributed by atoms with van der Waals surface area (Å²) in [4.78, 5) is 11.4. The molecule has 0 saturated carbocycles. The molecule has 1 aliphatic rings. The molecule has 5 nitrogen and oxygen atoms in total. The molecule has 1 atom stereocenters. The van der Waals surface area contributed by atoms with Crippen LogP contribution in [0.15, 0.2) is 0 Å². The Morgan fingerprint density at radius 3 is 2.60 bits per heavy atom. The zero-order valence-corrected chi connectivity index (χ0v) is 12.9. The van der Waals surface area contributed by atoms with E-state index < -0.39 is 0 Å². The number of likely N-dealkylation sites (tertiary alicyclic amines) is 1. The van der Waals surface area contributed by atoms with Crippen molar-refractivity contribution in [3.63, 3.8) is 0 Å². The average molecular weight is 277 g/mol. The highest BCUT2D eigenvalue weighted by Crippen LogP contribution is 2.18. The van der Waals surface area contributed by atoms with Gasteiger partial charge >= 0.3 is 0 Å². The Bertz CT molecular complexity index is 440. The van der Waals surface area contributed by atoms with Crippen LogP contribution in [0.5, 0.6) is 0 Å². The summed E-state index contributed by atoms with van der Waals surface area (Å²) < 4.78 is 0. The fourth-order valence-electron chi connectivity index (χ4n) is 2.64. The number of nitrogen functional groups attached to an aromatic ring is 1. The molecule has 5 heteroatoms. The third kappa shape index (κ3) is 3.60. The first-order valence-electron chi connectivity index (χ1n) is 7.72.